The Morgan fingerprint density at radius 1 is 0.921 bits per heavy atom. The molecule has 1 saturated heterocycles. The zero-order valence-electron chi connectivity index (χ0n) is 22.8. The van der Waals surface area contributed by atoms with Crippen LogP contribution in [0.4, 0.5) is 0 Å². The van der Waals surface area contributed by atoms with E-state index in [0.29, 0.717) is 6.54 Å². The van der Waals surface area contributed by atoms with Crippen molar-refractivity contribution in [1.82, 2.24) is 15.1 Å². The summed E-state index contributed by atoms with van der Waals surface area (Å²) in [7, 11) is 1.94. The Morgan fingerprint density at radius 3 is 2.18 bits per heavy atom. The summed E-state index contributed by atoms with van der Waals surface area (Å²) in [6, 6.07) is 29.1. The van der Waals surface area contributed by atoms with Gasteiger partial charge in [0.25, 0.3) is 0 Å². The van der Waals surface area contributed by atoms with Crippen LogP contribution in [0.3, 0.4) is 0 Å². The van der Waals surface area contributed by atoms with E-state index in [1.54, 1.807) is 6.92 Å². The molecule has 3 aromatic carbocycles. The fourth-order valence-electron chi connectivity index (χ4n) is 6.49. The Hall–Kier alpha value is -3.44. The molecule has 2 unspecified atom stereocenters. The van der Waals surface area contributed by atoms with E-state index in [1.165, 1.54) is 11.1 Å². The highest BCUT2D eigenvalue weighted by Crippen LogP contribution is 2.56. The molecule has 1 saturated carbocycles. The molecule has 38 heavy (non-hydrogen) atoms. The van der Waals surface area contributed by atoms with Crippen molar-refractivity contribution in [3.63, 3.8) is 0 Å². The number of hydrogen-bond donors (Lipinski definition) is 1. The second-order valence-electron chi connectivity index (χ2n) is 11.3. The van der Waals surface area contributed by atoms with Gasteiger partial charge in [0.05, 0.1) is 11.0 Å². The minimum absolute atomic E-state index is 0.00927. The predicted octanol–water partition coefficient (Wildman–Crippen LogP) is 5.04. The highest BCUT2D eigenvalue weighted by atomic mass is 16.2. The van der Waals surface area contributed by atoms with Crippen LogP contribution in [0.25, 0.3) is 0 Å². The number of nitrogens with one attached hydrogen (secondary N) is 1. The number of benzene rings is 3. The van der Waals surface area contributed by atoms with Gasteiger partial charge in [-0.2, -0.15) is 0 Å². The smallest absolute Gasteiger partial charge is 0.233 e. The lowest BCUT2D eigenvalue weighted by molar-refractivity contribution is -0.133. The molecule has 2 fully saturated rings. The molecule has 5 heteroatoms. The van der Waals surface area contributed by atoms with Crippen LogP contribution in [0.5, 0.6) is 0 Å². The molecule has 2 atom stereocenters. The van der Waals surface area contributed by atoms with Crippen LogP contribution in [-0.2, 0) is 27.1 Å². The Labute approximate surface area is 226 Å². The molecule has 5 nitrogen and oxygen atoms in total. The monoisotopic (exact) mass is 509 g/mol. The lowest BCUT2D eigenvalue weighted by Crippen LogP contribution is -2.53. The van der Waals surface area contributed by atoms with E-state index in [4.69, 9.17) is 0 Å². The summed E-state index contributed by atoms with van der Waals surface area (Å²) in [6.45, 7) is 6.99. The maximum Gasteiger partial charge on any atom is 0.233 e. The van der Waals surface area contributed by atoms with Gasteiger partial charge in [-0.3, -0.25) is 9.59 Å². The summed E-state index contributed by atoms with van der Waals surface area (Å²) >= 11 is 0. The standard InChI is InChI=1S/C33H39N3O2/c1-25-11-10-16-29(21-25)33(31(38)35(3)23-27-12-6-4-7-13-27)22-30(33)24-36-19-17-32(18-20-36,34-26(2)37)28-14-8-5-9-15-28/h4-16,21,30H,17-20,22-24H2,1-3H3,(H,34,37). The van der Waals surface area contributed by atoms with Crippen LogP contribution in [0.2, 0.25) is 0 Å². The first kappa shape index (κ1) is 26.2. The van der Waals surface area contributed by atoms with E-state index in [9.17, 15) is 9.59 Å². The van der Waals surface area contributed by atoms with Crippen LogP contribution < -0.4 is 5.32 Å². The molecular formula is C33H39N3O2. The molecule has 1 N–H and O–H groups in total. The summed E-state index contributed by atoms with van der Waals surface area (Å²) in [5.74, 6) is 0.501. The average molecular weight is 510 g/mol. The number of carbonyl (C=O) groups excluding carboxylic acids is 2. The van der Waals surface area contributed by atoms with Crippen LogP contribution in [0.1, 0.15) is 48.4 Å². The number of amides is 2. The molecular weight excluding hydrogens is 470 g/mol. The van der Waals surface area contributed by atoms with Crippen LogP contribution >= 0.6 is 0 Å². The van der Waals surface area contributed by atoms with Crippen LogP contribution in [0.15, 0.2) is 84.9 Å². The SMILES string of the molecule is CC(=O)NC1(c2ccccc2)CCN(CC2CC2(C(=O)N(C)Cc2ccccc2)c2cccc(C)c2)CC1. The number of likely N-dealkylation sites (N-methyl/N-ethyl adjacent to an activating group) is 1. The number of rotatable bonds is 8. The van der Waals surface area contributed by atoms with Crippen LogP contribution in [-0.4, -0.2) is 48.3 Å². The highest BCUT2D eigenvalue weighted by molar-refractivity contribution is 5.92. The fourth-order valence-corrected chi connectivity index (χ4v) is 6.49. The molecule has 2 aliphatic rings. The van der Waals surface area contributed by atoms with Gasteiger partial charge >= 0.3 is 0 Å². The molecule has 2 amide bonds. The van der Waals surface area contributed by atoms with Crippen molar-refractivity contribution in [2.45, 2.75) is 50.6 Å². The van der Waals surface area contributed by atoms with Gasteiger partial charge in [0.1, 0.15) is 0 Å². The van der Waals surface area contributed by atoms with Crippen molar-refractivity contribution >= 4 is 11.8 Å². The third-order valence-electron chi connectivity index (χ3n) is 8.56. The molecule has 3 aromatic rings. The fraction of sp³-hybridized carbons (Fsp3) is 0.394. The number of aryl methyl sites for hydroxylation is 1. The van der Waals surface area contributed by atoms with E-state index in [2.05, 4.69) is 65.7 Å². The van der Waals surface area contributed by atoms with E-state index < -0.39 is 5.41 Å². The lowest BCUT2D eigenvalue weighted by atomic mass is 9.80. The van der Waals surface area contributed by atoms with Gasteiger partial charge in [-0.05, 0) is 48.8 Å². The molecule has 0 aromatic heterocycles. The maximum absolute atomic E-state index is 14.1. The molecule has 198 valence electrons. The summed E-state index contributed by atoms with van der Waals surface area (Å²) in [6.07, 6.45) is 2.60. The topological polar surface area (TPSA) is 52.7 Å². The van der Waals surface area contributed by atoms with Gasteiger partial charge in [-0.15, -0.1) is 0 Å². The molecule has 1 heterocycles. The molecule has 1 aliphatic heterocycles. The molecule has 1 aliphatic carbocycles. The first-order chi connectivity index (χ1) is 18.3. The third-order valence-corrected chi connectivity index (χ3v) is 8.56. The van der Waals surface area contributed by atoms with Crippen molar-refractivity contribution < 1.29 is 9.59 Å². The number of likely N-dealkylation sites (tertiary alicyclic amines) is 1. The zero-order valence-corrected chi connectivity index (χ0v) is 22.8. The molecule has 0 spiro atoms. The summed E-state index contributed by atoms with van der Waals surface area (Å²) in [5, 5.41) is 3.28. The Morgan fingerprint density at radius 2 is 1.55 bits per heavy atom. The summed E-state index contributed by atoms with van der Waals surface area (Å²) in [4.78, 5) is 30.6. The van der Waals surface area contributed by atoms with E-state index >= 15 is 0 Å². The van der Waals surface area contributed by atoms with Gasteiger partial charge in [0, 0.05) is 40.2 Å². The van der Waals surface area contributed by atoms with E-state index in [0.717, 1.165) is 50.0 Å². The number of hydrogen-bond acceptors (Lipinski definition) is 3. The highest BCUT2D eigenvalue weighted by Gasteiger charge is 2.62. The van der Waals surface area contributed by atoms with Gasteiger partial charge in [0.2, 0.25) is 11.8 Å². The normalized spacial score (nSPS) is 22.4. The Kier molecular flexibility index (Phi) is 7.40. The first-order valence-electron chi connectivity index (χ1n) is 13.8. The second-order valence-corrected chi connectivity index (χ2v) is 11.3. The number of nitrogens with zero attached hydrogens (tertiary/aromatic N) is 2. The predicted molar refractivity (Wildman–Crippen MR) is 151 cm³/mol. The van der Waals surface area contributed by atoms with Gasteiger partial charge in [0.15, 0.2) is 0 Å². The maximum atomic E-state index is 14.1. The third kappa shape index (κ3) is 5.25. The largest absolute Gasteiger partial charge is 0.347 e. The van der Waals surface area contributed by atoms with Crippen molar-refractivity contribution in [2.24, 2.45) is 5.92 Å². The summed E-state index contributed by atoms with van der Waals surface area (Å²) < 4.78 is 0. The molecule has 0 radical (unpaired) electrons. The molecule has 5 rings (SSSR count). The summed E-state index contributed by atoms with van der Waals surface area (Å²) in [5.41, 5.74) is 3.85. The van der Waals surface area contributed by atoms with E-state index in [1.807, 2.05) is 48.3 Å². The minimum Gasteiger partial charge on any atom is -0.347 e. The molecule has 0 bridgehead atoms. The van der Waals surface area contributed by atoms with Crippen molar-refractivity contribution in [3.05, 3.63) is 107 Å². The number of piperidine rings is 1. The van der Waals surface area contributed by atoms with Crippen molar-refractivity contribution in [1.29, 1.82) is 0 Å². The minimum atomic E-state index is -0.471. The average Bonchev–Trinajstić information content (AvgIpc) is 3.65. The second kappa shape index (κ2) is 10.7. The van der Waals surface area contributed by atoms with Crippen molar-refractivity contribution in [3.8, 4) is 0 Å². The Balaban J connectivity index is 1.32. The van der Waals surface area contributed by atoms with Gasteiger partial charge in [-0.1, -0.05) is 90.5 Å². The Bertz CT molecular complexity index is 1270. The quantitative estimate of drug-likeness (QED) is 0.463. The van der Waals surface area contributed by atoms with Crippen molar-refractivity contribution in [2.75, 3.05) is 26.7 Å². The van der Waals surface area contributed by atoms with Crippen LogP contribution in [0, 0.1) is 12.8 Å². The van der Waals surface area contributed by atoms with Gasteiger partial charge < -0.3 is 15.1 Å². The lowest BCUT2D eigenvalue weighted by Gasteiger charge is -2.43. The van der Waals surface area contributed by atoms with E-state index in [-0.39, 0.29) is 23.3 Å². The zero-order chi connectivity index (χ0) is 26.8. The first-order valence-corrected chi connectivity index (χ1v) is 13.8. The van der Waals surface area contributed by atoms with Gasteiger partial charge in [-0.25, -0.2) is 0 Å². The number of carbonyl (C=O) groups is 2.